The lowest BCUT2D eigenvalue weighted by atomic mass is 10.2. The lowest BCUT2D eigenvalue weighted by Crippen LogP contribution is -2.08. The highest BCUT2D eigenvalue weighted by molar-refractivity contribution is 8.00. The maximum atomic E-state index is 12.4. The van der Waals surface area contributed by atoms with Crippen molar-refractivity contribution in [3.8, 4) is 11.5 Å². The normalized spacial score (nSPS) is 10.2. The zero-order valence-corrected chi connectivity index (χ0v) is 15.2. The Bertz CT molecular complexity index is 757. The number of ether oxygens (including phenoxy) is 3. The molecule has 0 unspecified atom stereocenters. The molecule has 0 aromatic heterocycles. The Kier molecular flexibility index (Phi) is 6.89. The van der Waals surface area contributed by atoms with Gasteiger partial charge in [0.05, 0.1) is 25.5 Å². The van der Waals surface area contributed by atoms with Gasteiger partial charge >= 0.3 is 5.97 Å². The van der Waals surface area contributed by atoms with Gasteiger partial charge in [-0.25, -0.2) is 4.79 Å². The van der Waals surface area contributed by atoms with E-state index in [0.29, 0.717) is 28.4 Å². The van der Waals surface area contributed by atoms with Crippen molar-refractivity contribution < 1.29 is 23.8 Å². The molecule has 0 aliphatic carbocycles. The topological polar surface area (TPSA) is 61.8 Å². The summed E-state index contributed by atoms with van der Waals surface area (Å²) < 4.78 is 15.9. The third-order valence-electron chi connectivity index (χ3n) is 3.38. The molecule has 0 spiro atoms. The second-order valence-electron chi connectivity index (χ2n) is 5.24. The molecule has 2 rings (SSSR count). The fraction of sp³-hybridized carbons (Fsp3) is 0.263. The average molecular weight is 360 g/mol. The fourth-order valence-electron chi connectivity index (χ4n) is 2.16. The molecule has 0 saturated carbocycles. The van der Waals surface area contributed by atoms with Crippen molar-refractivity contribution in [1.82, 2.24) is 0 Å². The van der Waals surface area contributed by atoms with Crippen LogP contribution in [0.15, 0.2) is 47.4 Å². The van der Waals surface area contributed by atoms with Crippen LogP contribution in [0.25, 0.3) is 0 Å². The second kappa shape index (κ2) is 9.13. The highest BCUT2D eigenvalue weighted by Crippen LogP contribution is 2.26. The SMILES string of the molecule is COc1ccc(OC)c(COC(=O)c2ccccc2SCC(C)=O)c1. The maximum absolute atomic E-state index is 12.4. The lowest BCUT2D eigenvalue weighted by Gasteiger charge is -2.12. The van der Waals surface area contributed by atoms with Gasteiger partial charge in [0.15, 0.2) is 0 Å². The monoisotopic (exact) mass is 360 g/mol. The largest absolute Gasteiger partial charge is 0.497 e. The lowest BCUT2D eigenvalue weighted by molar-refractivity contribution is -0.114. The average Bonchev–Trinajstić information content (AvgIpc) is 2.64. The summed E-state index contributed by atoms with van der Waals surface area (Å²) >= 11 is 1.32. The van der Waals surface area contributed by atoms with E-state index in [0.717, 1.165) is 4.90 Å². The van der Waals surface area contributed by atoms with Gasteiger partial charge in [-0.15, -0.1) is 11.8 Å². The van der Waals surface area contributed by atoms with Crippen molar-refractivity contribution in [3.05, 3.63) is 53.6 Å². The Hall–Kier alpha value is -2.47. The summed E-state index contributed by atoms with van der Waals surface area (Å²) in [6, 6.07) is 12.4. The third kappa shape index (κ3) is 5.26. The van der Waals surface area contributed by atoms with E-state index in [1.54, 1.807) is 50.6 Å². The first-order chi connectivity index (χ1) is 12.0. The van der Waals surface area contributed by atoms with E-state index in [1.165, 1.54) is 18.7 Å². The predicted molar refractivity (Wildman–Crippen MR) is 96.5 cm³/mol. The molecule has 0 N–H and O–H groups in total. The van der Waals surface area contributed by atoms with Crippen molar-refractivity contribution in [2.75, 3.05) is 20.0 Å². The number of hydrogen-bond donors (Lipinski definition) is 0. The molecule has 0 amide bonds. The van der Waals surface area contributed by atoms with Gasteiger partial charge in [0.1, 0.15) is 23.9 Å². The Morgan fingerprint density at radius 1 is 1.04 bits per heavy atom. The summed E-state index contributed by atoms with van der Waals surface area (Å²) in [5.74, 6) is 1.19. The number of thioether (sulfide) groups is 1. The minimum Gasteiger partial charge on any atom is -0.497 e. The molecule has 0 bridgehead atoms. The Labute approximate surface area is 151 Å². The summed E-state index contributed by atoms with van der Waals surface area (Å²) in [6.45, 7) is 1.58. The first-order valence-electron chi connectivity index (χ1n) is 7.64. The van der Waals surface area contributed by atoms with Gasteiger partial charge in [0, 0.05) is 10.5 Å². The number of Topliss-reactive ketones (excluding diaryl/α,β-unsaturated/α-hetero) is 1. The fourth-order valence-corrected chi connectivity index (χ4v) is 3.00. The number of esters is 1. The molecule has 0 atom stereocenters. The Morgan fingerprint density at radius 3 is 2.48 bits per heavy atom. The van der Waals surface area contributed by atoms with Gasteiger partial charge in [-0.1, -0.05) is 12.1 Å². The quantitative estimate of drug-likeness (QED) is 0.528. The van der Waals surface area contributed by atoms with Gasteiger partial charge in [-0.05, 0) is 37.3 Å². The summed E-state index contributed by atoms with van der Waals surface area (Å²) in [4.78, 5) is 24.3. The summed E-state index contributed by atoms with van der Waals surface area (Å²) in [5, 5.41) is 0. The second-order valence-corrected chi connectivity index (χ2v) is 6.26. The molecule has 0 radical (unpaired) electrons. The van der Waals surface area contributed by atoms with Gasteiger partial charge in [-0.3, -0.25) is 4.79 Å². The van der Waals surface area contributed by atoms with Crippen LogP contribution in [0.4, 0.5) is 0 Å². The number of ketones is 1. The Balaban J connectivity index is 2.12. The van der Waals surface area contributed by atoms with Crippen molar-refractivity contribution in [2.24, 2.45) is 0 Å². The molecule has 0 fully saturated rings. The van der Waals surface area contributed by atoms with E-state index < -0.39 is 5.97 Å². The highest BCUT2D eigenvalue weighted by atomic mass is 32.2. The van der Waals surface area contributed by atoms with Crippen LogP contribution in [0.2, 0.25) is 0 Å². The van der Waals surface area contributed by atoms with Crippen LogP contribution < -0.4 is 9.47 Å². The molecule has 0 saturated heterocycles. The van der Waals surface area contributed by atoms with E-state index in [1.807, 2.05) is 6.07 Å². The molecule has 0 heterocycles. The zero-order chi connectivity index (χ0) is 18.2. The smallest absolute Gasteiger partial charge is 0.339 e. The molecule has 5 nitrogen and oxygen atoms in total. The molecule has 0 aliphatic heterocycles. The summed E-state index contributed by atoms with van der Waals surface area (Å²) in [5.41, 5.74) is 1.15. The molecule has 2 aromatic rings. The Morgan fingerprint density at radius 2 is 1.80 bits per heavy atom. The summed E-state index contributed by atoms with van der Waals surface area (Å²) in [7, 11) is 3.13. The van der Waals surface area contributed by atoms with Crippen LogP contribution in [0.1, 0.15) is 22.8 Å². The number of carbonyl (C=O) groups is 2. The van der Waals surface area contributed by atoms with Crippen molar-refractivity contribution in [1.29, 1.82) is 0 Å². The van der Waals surface area contributed by atoms with Gasteiger partial charge in [0.25, 0.3) is 0 Å². The van der Waals surface area contributed by atoms with Crippen LogP contribution in [-0.2, 0) is 16.1 Å². The molecular formula is C19H20O5S. The first kappa shape index (κ1) is 18.9. The zero-order valence-electron chi connectivity index (χ0n) is 14.4. The van der Waals surface area contributed by atoms with E-state index >= 15 is 0 Å². The third-order valence-corrected chi connectivity index (χ3v) is 4.60. The maximum Gasteiger partial charge on any atom is 0.339 e. The molecular weight excluding hydrogens is 340 g/mol. The first-order valence-corrected chi connectivity index (χ1v) is 8.63. The number of carbonyl (C=O) groups excluding carboxylic acids is 2. The predicted octanol–water partition coefficient (Wildman–Crippen LogP) is 3.74. The van der Waals surface area contributed by atoms with Crippen LogP contribution in [0.5, 0.6) is 11.5 Å². The minimum absolute atomic E-state index is 0.0503. The molecule has 0 aliphatic rings. The highest BCUT2D eigenvalue weighted by Gasteiger charge is 2.15. The van der Waals surface area contributed by atoms with Crippen LogP contribution in [0, 0.1) is 0 Å². The van der Waals surface area contributed by atoms with Crippen molar-refractivity contribution in [3.63, 3.8) is 0 Å². The van der Waals surface area contributed by atoms with Crippen LogP contribution in [-0.4, -0.2) is 31.7 Å². The molecule has 2 aromatic carbocycles. The van der Waals surface area contributed by atoms with Crippen molar-refractivity contribution in [2.45, 2.75) is 18.4 Å². The number of hydrogen-bond acceptors (Lipinski definition) is 6. The number of methoxy groups -OCH3 is 2. The van der Waals surface area contributed by atoms with Crippen molar-refractivity contribution >= 4 is 23.5 Å². The molecule has 25 heavy (non-hydrogen) atoms. The van der Waals surface area contributed by atoms with Gasteiger partial charge in [0.2, 0.25) is 0 Å². The van der Waals surface area contributed by atoms with E-state index in [9.17, 15) is 9.59 Å². The standard InChI is InChI=1S/C19H20O5S/c1-13(20)12-25-18-7-5-4-6-16(18)19(21)24-11-14-10-15(22-2)8-9-17(14)23-3/h4-10H,11-12H2,1-3H3. The van der Waals surface area contributed by atoms with Crippen LogP contribution in [0.3, 0.4) is 0 Å². The molecule has 132 valence electrons. The number of benzene rings is 2. The van der Waals surface area contributed by atoms with E-state index in [4.69, 9.17) is 14.2 Å². The van der Waals surface area contributed by atoms with E-state index in [2.05, 4.69) is 0 Å². The van der Waals surface area contributed by atoms with E-state index in [-0.39, 0.29) is 12.4 Å². The number of rotatable bonds is 8. The summed E-state index contributed by atoms with van der Waals surface area (Å²) in [6.07, 6.45) is 0. The molecule has 6 heteroatoms. The van der Waals surface area contributed by atoms with Crippen LogP contribution >= 0.6 is 11.8 Å². The van der Waals surface area contributed by atoms with Gasteiger partial charge in [-0.2, -0.15) is 0 Å². The minimum atomic E-state index is -0.448. The van der Waals surface area contributed by atoms with Gasteiger partial charge < -0.3 is 14.2 Å².